The molecule has 1 aromatic carbocycles. The zero-order chi connectivity index (χ0) is 26.8. The summed E-state index contributed by atoms with van der Waals surface area (Å²) in [6.45, 7) is 8.25. The second-order valence-electron chi connectivity index (χ2n) is 8.61. The molecule has 2 N–H and O–H groups in total. The van der Waals surface area contributed by atoms with E-state index in [-0.39, 0.29) is 23.8 Å². The van der Waals surface area contributed by atoms with Gasteiger partial charge in [0.25, 0.3) is 0 Å². The minimum absolute atomic E-state index is 0.0155. The summed E-state index contributed by atoms with van der Waals surface area (Å²) < 4.78 is 59.6. The molecule has 0 aliphatic carbocycles. The number of rotatable bonds is 9. The van der Waals surface area contributed by atoms with Crippen molar-refractivity contribution < 1.29 is 36.3 Å². The Hall–Kier alpha value is -2.22. The van der Waals surface area contributed by atoms with Crippen molar-refractivity contribution >= 4 is 21.9 Å². The van der Waals surface area contributed by atoms with Crippen LogP contribution >= 0.6 is 0 Å². The van der Waals surface area contributed by atoms with Crippen LogP contribution in [0, 0.1) is 0 Å². The van der Waals surface area contributed by atoms with Gasteiger partial charge in [0, 0.05) is 52.2 Å². The zero-order valence-electron chi connectivity index (χ0n) is 20.5. The average Bonchev–Trinajstić information content (AvgIpc) is 2.79. The van der Waals surface area contributed by atoms with Gasteiger partial charge >= 0.3 is 12.1 Å². The van der Waals surface area contributed by atoms with Crippen molar-refractivity contribution in [2.24, 2.45) is 0 Å². The van der Waals surface area contributed by atoms with Crippen LogP contribution in [0.5, 0.6) is 0 Å². The molecule has 1 amide bonds. The number of aliphatic carboxylic acids is 1. The van der Waals surface area contributed by atoms with E-state index < -0.39 is 22.2 Å². The molecular weight excluding hydrogens is 489 g/mol. The fourth-order valence-electron chi connectivity index (χ4n) is 3.13. The van der Waals surface area contributed by atoms with E-state index in [2.05, 4.69) is 19.2 Å². The van der Waals surface area contributed by atoms with Gasteiger partial charge in [0.2, 0.25) is 15.9 Å². The number of alkyl halides is 3. The molecule has 1 heterocycles. The monoisotopic (exact) mass is 524 g/mol. The number of carbonyl (C=O) groups is 2. The van der Waals surface area contributed by atoms with E-state index in [1.807, 2.05) is 36.0 Å². The van der Waals surface area contributed by atoms with E-state index in [0.29, 0.717) is 32.1 Å². The molecular formula is C22H35F3N4O5S. The zero-order valence-corrected chi connectivity index (χ0v) is 21.3. The molecule has 0 bridgehead atoms. The van der Waals surface area contributed by atoms with Crippen molar-refractivity contribution in [3.8, 4) is 0 Å². The molecule has 0 radical (unpaired) electrons. The Morgan fingerprint density at radius 2 is 1.57 bits per heavy atom. The molecule has 1 saturated heterocycles. The average molecular weight is 525 g/mol. The van der Waals surface area contributed by atoms with Crippen molar-refractivity contribution in [3.63, 3.8) is 0 Å². The number of hydrogen-bond donors (Lipinski definition) is 2. The van der Waals surface area contributed by atoms with Gasteiger partial charge in [0.05, 0.1) is 4.90 Å². The number of sulfonamides is 1. The Morgan fingerprint density at radius 3 is 2.00 bits per heavy atom. The van der Waals surface area contributed by atoms with Gasteiger partial charge in [0.15, 0.2) is 0 Å². The number of amides is 1. The minimum atomic E-state index is -5.08. The fourth-order valence-corrected chi connectivity index (χ4v) is 4.56. The number of carboxylic acids is 1. The second kappa shape index (κ2) is 13.8. The Bertz CT molecular complexity index is 916. The van der Waals surface area contributed by atoms with Crippen molar-refractivity contribution in [3.05, 3.63) is 29.8 Å². The summed E-state index contributed by atoms with van der Waals surface area (Å²) in [4.78, 5) is 25.4. The van der Waals surface area contributed by atoms with Gasteiger partial charge in [-0.3, -0.25) is 4.79 Å². The van der Waals surface area contributed by atoms with Gasteiger partial charge in [0.1, 0.15) is 0 Å². The lowest BCUT2D eigenvalue weighted by Crippen LogP contribution is -2.47. The maximum Gasteiger partial charge on any atom is 0.490 e. The molecule has 0 saturated carbocycles. The van der Waals surface area contributed by atoms with Crippen LogP contribution < -0.4 is 5.32 Å². The lowest BCUT2D eigenvalue weighted by Gasteiger charge is -2.29. The van der Waals surface area contributed by atoms with Crippen LogP contribution in [0.4, 0.5) is 13.2 Å². The Morgan fingerprint density at radius 1 is 1.06 bits per heavy atom. The number of halogens is 3. The number of nitrogens with one attached hydrogen (secondary N) is 1. The molecule has 200 valence electrons. The van der Waals surface area contributed by atoms with Gasteiger partial charge < -0.3 is 20.2 Å². The summed E-state index contributed by atoms with van der Waals surface area (Å²) in [5, 5.41) is 10.3. The highest BCUT2D eigenvalue weighted by Gasteiger charge is 2.38. The molecule has 0 aromatic heterocycles. The largest absolute Gasteiger partial charge is 0.490 e. The summed E-state index contributed by atoms with van der Waals surface area (Å²) in [7, 11) is 0.180. The van der Waals surface area contributed by atoms with Crippen LogP contribution in [0.2, 0.25) is 0 Å². The highest BCUT2D eigenvalue weighted by molar-refractivity contribution is 7.89. The van der Waals surface area contributed by atoms with Gasteiger partial charge in [-0.2, -0.15) is 17.5 Å². The maximum atomic E-state index is 13.2. The van der Waals surface area contributed by atoms with E-state index >= 15 is 0 Å². The van der Waals surface area contributed by atoms with Crippen LogP contribution in [-0.2, 0) is 19.6 Å². The van der Waals surface area contributed by atoms with Crippen molar-refractivity contribution in [2.75, 3.05) is 59.9 Å². The van der Waals surface area contributed by atoms with Gasteiger partial charge in [-0.25, -0.2) is 13.2 Å². The molecule has 0 spiro atoms. The number of hydrogen-bond acceptors (Lipinski definition) is 6. The molecule has 9 nitrogen and oxygen atoms in total. The first-order valence-electron chi connectivity index (χ1n) is 11.2. The number of carbonyl (C=O) groups excluding carboxylic acids is 1. The number of carboxylic acid groups (broad SMARTS) is 1. The van der Waals surface area contributed by atoms with Crippen molar-refractivity contribution in [1.29, 1.82) is 0 Å². The Labute approximate surface area is 204 Å². The molecule has 1 fully saturated rings. The first-order valence-corrected chi connectivity index (χ1v) is 12.6. The summed E-state index contributed by atoms with van der Waals surface area (Å²) in [6, 6.07) is 7.08. The fraction of sp³-hybridized carbons (Fsp3) is 0.636. The third-order valence-electron chi connectivity index (χ3n) is 5.27. The molecule has 1 aromatic rings. The first-order chi connectivity index (χ1) is 16.2. The van der Waals surface area contributed by atoms with Crippen molar-refractivity contribution in [1.82, 2.24) is 19.4 Å². The number of piperazine rings is 1. The van der Waals surface area contributed by atoms with Crippen LogP contribution in [0.25, 0.3) is 0 Å². The van der Waals surface area contributed by atoms with E-state index in [4.69, 9.17) is 9.90 Å². The van der Waals surface area contributed by atoms with Crippen LogP contribution in [0.1, 0.15) is 31.7 Å². The third-order valence-corrected chi connectivity index (χ3v) is 7.18. The third kappa shape index (κ3) is 10.5. The highest BCUT2D eigenvalue weighted by atomic mass is 32.2. The molecule has 35 heavy (non-hydrogen) atoms. The molecule has 1 aliphatic rings. The molecule has 13 heteroatoms. The molecule has 1 aliphatic heterocycles. The topological polar surface area (TPSA) is 110 Å². The minimum Gasteiger partial charge on any atom is -0.475 e. The van der Waals surface area contributed by atoms with E-state index in [1.54, 1.807) is 12.1 Å². The van der Waals surface area contributed by atoms with Crippen LogP contribution in [0.3, 0.4) is 0 Å². The predicted molar refractivity (Wildman–Crippen MR) is 126 cm³/mol. The van der Waals surface area contributed by atoms with E-state index in [1.165, 1.54) is 4.31 Å². The normalized spacial score (nSPS) is 14.7. The summed E-state index contributed by atoms with van der Waals surface area (Å²) in [6.07, 6.45) is -4.88. The lowest BCUT2D eigenvalue weighted by molar-refractivity contribution is -0.192. The van der Waals surface area contributed by atoms with E-state index in [9.17, 15) is 26.4 Å². The Balaban J connectivity index is 0.000000762. The molecule has 0 unspecified atom stereocenters. The highest BCUT2D eigenvalue weighted by Crippen LogP contribution is 2.20. The predicted octanol–water partition coefficient (Wildman–Crippen LogP) is 1.82. The van der Waals surface area contributed by atoms with Gasteiger partial charge in [-0.1, -0.05) is 26.0 Å². The van der Waals surface area contributed by atoms with Crippen LogP contribution in [0.15, 0.2) is 29.2 Å². The quantitative estimate of drug-likeness (QED) is 0.507. The van der Waals surface area contributed by atoms with Gasteiger partial charge in [-0.15, -0.1) is 0 Å². The standard InChI is InChI=1S/C20H34N4O3S.C2HF3O2/c1-17(2)18-5-7-19(8-6-18)28(26,27)24(16-15-22(3)4)12-9-20(25)23-13-10-21-11-14-23;3-2(4,5)1(6)7/h5-8,17,21H,9-16H2,1-4H3;(H,6,7). The van der Waals surface area contributed by atoms with Crippen LogP contribution in [-0.4, -0.2) is 106 Å². The van der Waals surface area contributed by atoms with Gasteiger partial charge in [-0.05, 0) is 37.7 Å². The summed E-state index contributed by atoms with van der Waals surface area (Å²) in [5.41, 5.74) is 1.10. The number of nitrogens with zero attached hydrogens (tertiary/aromatic N) is 3. The molecule has 2 rings (SSSR count). The summed E-state index contributed by atoms with van der Waals surface area (Å²) in [5.74, 6) is -2.40. The maximum absolute atomic E-state index is 13.2. The lowest BCUT2D eigenvalue weighted by atomic mass is 10.0. The van der Waals surface area contributed by atoms with Crippen molar-refractivity contribution in [2.45, 2.75) is 37.3 Å². The smallest absolute Gasteiger partial charge is 0.475 e. The first kappa shape index (κ1) is 30.8. The number of likely N-dealkylation sites (N-methyl/N-ethyl adjacent to an activating group) is 1. The second-order valence-corrected chi connectivity index (χ2v) is 10.6. The molecule has 0 atom stereocenters. The van der Waals surface area contributed by atoms with E-state index in [0.717, 1.165) is 18.7 Å². The summed E-state index contributed by atoms with van der Waals surface area (Å²) >= 11 is 0. The Kier molecular flexibility index (Phi) is 12.1. The number of benzene rings is 1. The SMILES string of the molecule is CC(C)c1ccc(S(=O)(=O)N(CCC(=O)N2CCNCC2)CCN(C)C)cc1.O=C(O)C(F)(F)F.